The van der Waals surface area contributed by atoms with Gasteiger partial charge in [-0.25, -0.2) is 0 Å². The van der Waals surface area contributed by atoms with Crippen molar-refractivity contribution in [3.63, 3.8) is 0 Å². The lowest BCUT2D eigenvalue weighted by Crippen LogP contribution is -2.36. The van der Waals surface area contributed by atoms with Gasteiger partial charge in [-0.2, -0.15) is 5.26 Å². The van der Waals surface area contributed by atoms with Crippen LogP contribution in [0.15, 0.2) is 54.6 Å². The number of aromatic nitrogens is 1. The van der Waals surface area contributed by atoms with Crippen molar-refractivity contribution < 1.29 is 4.79 Å². The van der Waals surface area contributed by atoms with Crippen molar-refractivity contribution >= 4 is 16.8 Å². The molecule has 26 heavy (non-hydrogen) atoms. The van der Waals surface area contributed by atoms with Gasteiger partial charge in [-0.1, -0.05) is 30.3 Å². The molecule has 132 valence electrons. The Balaban J connectivity index is 1.83. The Bertz CT molecular complexity index is 902. The number of likely N-dealkylation sites (N-methyl/N-ethyl adjacent to an activating group) is 1. The van der Waals surface area contributed by atoms with Crippen LogP contribution in [0.2, 0.25) is 0 Å². The molecule has 2 aromatic carbocycles. The first kappa shape index (κ1) is 17.7. The normalized spacial score (nSPS) is 10.8. The van der Waals surface area contributed by atoms with Gasteiger partial charge in [-0.05, 0) is 43.9 Å². The SMILES string of the molecule is CN(C)CCN(Cc1ccc(C#N)cc1)C(=O)c1cc2ccccc2[nH]1. The van der Waals surface area contributed by atoms with Crippen LogP contribution in [-0.2, 0) is 6.54 Å². The molecule has 0 saturated carbocycles. The predicted molar refractivity (Wildman–Crippen MR) is 103 cm³/mol. The number of nitrogens with one attached hydrogen (secondary N) is 1. The number of carbonyl (C=O) groups is 1. The fourth-order valence-corrected chi connectivity index (χ4v) is 2.84. The molecular weight excluding hydrogens is 324 g/mol. The van der Waals surface area contributed by atoms with E-state index in [0.717, 1.165) is 23.0 Å². The third-order valence-corrected chi connectivity index (χ3v) is 4.32. The minimum atomic E-state index is -0.0209. The summed E-state index contributed by atoms with van der Waals surface area (Å²) in [7, 11) is 3.99. The lowest BCUT2D eigenvalue weighted by atomic mass is 10.1. The van der Waals surface area contributed by atoms with Crippen LogP contribution in [0.3, 0.4) is 0 Å². The number of H-pyrrole nitrogens is 1. The fourth-order valence-electron chi connectivity index (χ4n) is 2.84. The van der Waals surface area contributed by atoms with Crippen LogP contribution in [0.5, 0.6) is 0 Å². The van der Waals surface area contributed by atoms with E-state index in [1.807, 2.05) is 61.5 Å². The molecule has 0 fully saturated rings. The number of benzene rings is 2. The summed E-state index contributed by atoms with van der Waals surface area (Å²) in [5, 5.41) is 9.97. The standard InChI is InChI=1S/C21H22N4O/c1-24(2)11-12-25(15-17-9-7-16(14-22)8-10-17)21(26)20-13-18-5-3-4-6-19(18)23-20/h3-10,13,23H,11-12,15H2,1-2H3. The molecule has 5 heteroatoms. The van der Waals surface area contributed by atoms with E-state index in [9.17, 15) is 4.79 Å². The molecule has 0 bridgehead atoms. The number of amides is 1. The molecule has 1 aromatic heterocycles. The maximum atomic E-state index is 13.1. The molecule has 3 rings (SSSR count). The molecule has 1 N–H and O–H groups in total. The summed E-state index contributed by atoms with van der Waals surface area (Å²) in [4.78, 5) is 20.2. The van der Waals surface area contributed by atoms with Crippen molar-refractivity contribution in [2.75, 3.05) is 27.2 Å². The van der Waals surface area contributed by atoms with E-state index in [0.29, 0.717) is 24.3 Å². The maximum Gasteiger partial charge on any atom is 0.270 e. The summed E-state index contributed by atoms with van der Waals surface area (Å²) in [5.41, 5.74) is 3.18. The van der Waals surface area contributed by atoms with Gasteiger partial charge in [0.25, 0.3) is 5.91 Å². The Labute approximate surface area is 153 Å². The van der Waals surface area contributed by atoms with Crippen molar-refractivity contribution in [1.82, 2.24) is 14.8 Å². The highest BCUT2D eigenvalue weighted by atomic mass is 16.2. The Kier molecular flexibility index (Phi) is 5.35. The zero-order chi connectivity index (χ0) is 18.5. The van der Waals surface area contributed by atoms with Gasteiger partial charge in [-0.3, -0.25) is 4.79 Å². The van der Waals surface area contributed by atoms with Crippen LogP contribution in [0.25, 0.3) is 10.9 Å². The Hall–Kier alpha value is -3.10. The summed E-state index contributed by atoms with van der Waals surface area (Å²) in [6.45, 7) is 1.91. The largest absolute Gasteiger partial charge is 0.351 e. The van der Waals surface area contributed by atoms with Crippen molar-refractivity contribution in [2.45, 2.75) is 6.54 Å². The monoisotopic (exact) mass is 346 g/mol. The van der Waals surface area contributed by atoms with Gasteiger partial charge in [0.2, 0.25) is 0 Å². The number of fused-ring (bicyclic) bond motifs is 1. The molecule has 0 saturated heterocycles. The third kappa shape index (κ3) is 4.11. The number of nitrogens with zero attached hydrogens (tertiary/aromatic N) is 3. The van der Waals surface area contributed by atoms with Gasteiger partial charge in [-0.15, -0.1) is 0 Å². The van der Waals surface area contributed by atoms with Gasteiger partial charge in [0.15, 0.2) is 0 Å². The summed E-state index contributed by atoms with van der Waals surface area (Å²) >= 11 is 0. The smallest absolute Gasteiger partial charge is 0.270 e. The quantitative estimate of drug-likeness (QED) is 0.745. The molecule has 0 aliphatic heterocycles. The fraction of sp³-hybridized carbons (Fsp3) is 0.238. The van der Waals surface area contributed by atoms with Crippen LogP contribution in [-0.4, -0.2) is 47.9 Å². The van der Waals surface area contributed by atoms with Crippen LogP contribution < -0.4 is 0 Å². The third-order valence-electron chi connectivity index (χ3n) is 4.32. The number of hydrogen-bond donors (Lipinski definition) is 1. The van der Waals surface area contributed by atoms with Gasteiger partial charge in [0, 0.05) is 30.5 Å². The second kappa shape index (κ2) is 7.85. The highest BCUT2D eigenvalue weighted by molar-refractivity contribution is 5.98. The molecule has 0 aliphatic carbocycles. The van der Waals surface area contributed by atoms with Crippen LogP contribution in [0, 0.1) is 11.3 Å². The van der Waals surface area contributed by atoms with Crippen molar-refractivity contribution in [3.8, 4) is 6.07 Å². The first-order chi connectivity index (χ1) is 12.6. The first-order valence-electron chi connectivity index (χ1n) is 8.57. The number of aromatic amines is 1. The molecular formula is C21H22N4O. The zero-order valence-corrected chi connectivity index (χ0v) is 15.1. The van der Waals surface area contributed by atoms with E-state index in [1.54, 1.807) is 12.1 Å². The number of para-hydroxylation sites is 1. The predicted octanol–water partition coefficient (Wildman–Crippen LogP) is 3.24. The minimum Gasteiger partial charge on any atom is -0.351 e. The highest BCUT2D eigenvalue weighted by Gasteiger charge is 2.18. The first-order valence-corrected chi connectivity index (χ1v) is 8.57. The Morgan fingerprint density at radius 1 is 1.08 bits per heavy atom. The molecule has 0 atom stereocenters. The van der Waals surface area contributed by atoms with Crippen molar-refractivity contribution in [3.05, 3.63) is 71.4 Å². The van der Waals surface area contributed by atoms with Gasteiger partial charge in [0.05, 0.1) is 11.6 Å². The molecule has 0 unspecified atom stereocenters. The average Bonchev–Trinajstić information content (AvgIpc) is 3.09. The summed E-state index contributed by atoms with van der Waals surface area (Å²) in [6, 6.07) is 19.3. The maximum absolute atomic E-state index is 13.1. The van der Waals surface area contributed by atoms with Gasteiger partial charge < -0.3 is 14.8 Å². The van der Waals surface area contributed by atoms with Gasteiger partial charge >= 0.3 is 0 Å². The molecule has 1 heterocycles. The molecule has 0 spiro atoms. The summed E-state index contributed by atoms with van der Waals surface area (Å²) in [6.07, 6.45) is 0. The number of nitriles is 1. The van der Waals surface area contributed by atoms with E-state index in [1.165, 1.54) is 0 Å². The van der Waals surface area contributed by atoms with E-state index in [4.69, 9.17) is 5.26 Å². The topological polar surface area (TPSA) is 63.1 Å². The van der Waals surface area contributed by atoms with Gasteiger partial charge in [0.1, 0.15) is 5.69 Å². The molecule has 5 nitrogen and oxygen atoms in total. The molecule has 1 amide bonds. The Morgan fingerprint density at radius 2 is 1.81 bits per heavy atom. The number of rotatable bonds is 6. The minimum absolute atomic E-state index is 0.0209. The number of carbonyl (C=O) groups excluding carboxylic acids is 1. The van der Waals surface area contributed by atoms with E-state index in [-0.39, 0.29) is 5.91 Å². The van der Waals surface area contributed by atoms with E-state index in [2.05, 4.69) is 16.0 Å². The van der Waals surface area contributed by atoms with E-state index >= 15 is 0 Å². The summed E-state index contributed by atoms with van der Waals surface area (Å²) in [5.74, 6) is -0.0209. The van der Waals surface area contributed by atoms with Crippen LogP contribution in [0.1, 0.15) is 21.6 Å². The molecule has 3 aromatic rings. The highest BCUT2D eigenvalue weighted by Crippen LogP contribution is 2.17. The van der Waals surface area contributed by atoms with Crippen molar-refractivity contribution in [1.29, 1.82) is 5.26 Å². The second-order valence-electron chi connectivity index (χ2n) is 6.61. The lowest BCUT2D eigenvalue weighted by molar-refractivity contribution is 0.0727. The zero-order valence-electron chi connectivity index (χ0n) is 15.1. The van der Waals surface area contributed by atoms with Crippen LogP contribution >= 0.6 is 0 Å². The van der Waals surface area contributed by atoms with E-state index < -0.39 is 0 Å². The summed E-state index contributed by atoms with van der Waals surface area (Å²) < 4.78 is 0. The molecule has 0 aliphatic rings. The molecule has 0 radical (unpaired) electrons. The Morgan fingerprint density at radius 3 is 2.46 bits per heavy atom. The second-order valence-corrected chi connectivity index (χ2v) is 6.61. The average molecular weight is 346 g/mol. The van der Waals surface area contributed by atoms with Crippen molar-refractivity contribution in [2.24, 2.45) is 0 Å². The number of hydrogen-bond acceptors (Lipinski definition) is 3. The van der Waals surface area contributed by atoms with Crippen LogP contribution in [0.4, 0.5) is 0 Å². The lowest BCUT2D eigenvalue weighted by Gasteiger charge is -2.24.